The smallest absolute Gasteiger partial charge is 0.262 e. The summed E-state index contributed by atoms with van der Waals surface area (Å²) in [5.41, 5.74) is 2.21. The van der Waals surface area contributed by atoms with E-state index in [0.29, 0.717) is 21.3 Å². The fourth-order valence-electron chi connectivity index (χ4n) is 3.31. The highest BCUT2D eigenvalue weighted by atomic mass is 35.5. The fraction of sp³-hybridized carbons (Fsp3) is 0.0435. The van der Waals surface area contributed by atoms with Crippen molar-refractivity contribution in [1.29, 1.82) is 0 Å². The number of carbonyl (C=O) groups is 2. The monoisotopic (exact) mass is 407 g/mol. The van der Waals surface area contributed by atoms with E-state index in [2.05, 4.69) is 0 Å². The van der Waals surface area contributed by atoms with E-state index in [1.807, 2.05) is 60.7 Å². The number of carbonyl (C=O) groups excluding carboxylic acids is 2. The first-order valence-corrected chi connectivity index (χ1v) is 9.46. The van der Waals surface area contributed by atoms with Crippen LogP contribution in [0.5, 0.6) is 0 Å². The number of Topliss-reactive ketones (excluding diaryl/α,β-unsaturated/α-hetero) is 1. The molecule has 0 aliphatic carbocycles. The van der Waals surface area contributed by atoms with Gasteiger partial charge in [-0.2, -0.15) is 0 Å². The first-order valence-electron chi connectivity index (χ1n) is 8.71. The average molecular weight is 408 g/mol. The van der Waals surface area contributed by atoms with Crippen LogP contribution in [0.2, 0.25) is 10.0 Å². The Morgan fingerprint density at radius 1 is 0.786 bits per heavy atom. The fourth-order valence-corrected chi connectivity index (χ4v) is 3.62. The van der Waals surface area contributed by atoms with Gasteiger partial charge >= 0.3 is 0 Å². The summed E-state index contributed by atoms with van der Waals surface area (Å²) in [5, 5.41) is 0.786. The summed E-state index contributed by atoms with van der Waals surface area (Å²) in [5.74, 6) is -0.581. The molecule has 138 valence electrons. The van der Waals surface area contributed by atoms with Crippen LogP contribution in [-0.2, 0) is 9.59 Å². The molecule has 1 aliphatic rings. The van der Waals surface area contributed by atoms with Crippen LogP contribution in [0.15, 0.2) is 84.4 Å². The van der Waals surface area contributed by atoms with Crippen LogP contribution in [0.1, 0.15) is 17.2 Å². The van der Waals surface area contributed by atoms with Gasteiger partial charge in [-0.1, -0.05) is 77.8 Å². The number of anilines is 1. The molecule has 3 nitrogen and oxygen atoms in total. The standard InChI is InChI=1S/C23H15Cl2NO2/c24-19-12-11-15(14-20(19)25)13-18-22(27)21(16-7-3-1-4-8-16)26(23(18)28)17-9-5-2-6-10-17/h1-14,21H/b18-13-. The van der Waals surface area contributed by atoms with E-state index in [1.165, 1.54) is 0 Å². The predicted octanol–water partition coefficient (Wildman–Crippen LogP) is 5.73. The summed E-state index contributed by atoms with van der Waals surface area (Å²) in [6.07, 6.45) is 1.58. The van der Waals surface area contributed by atoms with Crippen molar-refractivity contribution in [3.8, 4) is 0 Å². The van der Waals surface area contributed by atoms with Gasteiger partial charge in [-0.25, -0.2) is 0 Å². The second-order valence-corrected chi connectivity index (χ2v) is 7.23. The van der Waals surface area contributed by atoms with Crippen LogP contribution in [-0.4, -0.2) is 11.7 Å². The normalized spacial score (nSPS) is 18.1. The average Bonchev–Trinajstić information content (AvgIpc) is 2.96. The molecule has 0 spiro atoms. The molecule has 4 rings (SSSR count). The largest absolute Gasteiger partial charge is 0.293 e. The molecule has 0 radical (unpaired) electrons. The number of ketones is 1. The van der Waals surface area contributed by atoms with Gasteiger partial charge in [0.05, 0.1) is 15.6 Å². The molecule has 3 aromatic carbocycles. The first kappa shape index (κ1) is 18.5. The molecule has 0 aromatic heterocycles. The molecule has 0 N–H and O–H groups in total. The third-order valence-corrected chi connectivity index (χ3v) is 5.36. The van der Waals surface area contributed by atoms with Gasteiger partial charge in [0, 0.05) is 5.69 Å². The van der Waals surface area contributed by atoms with Crippen LogP contribution < -0.4 is 4.90 Å². The molecule has 3 aromatic rings. The molecule has 5 heteroatoms. The molecule has 1 atom stereocenters. The number of amides is 1. The minimum absolute atomic E-state index is 0.121. The molecule has 1 unspecified atom stereocenters. The Kier molecular flexibility index (Phi) is 5.03. The lowest BCUT2D eigenvalue weighted by atomic mass is 10.00. The van der Waals surface area contributed by atoms with Crippen LogP contribution in [0.4, 0.5) is 5.69 Å². The van der Waals surface area contributed by atoms with Gasteiger partial charge in [0.15, 0.2) is 5.78 Å². The van der Waals surface area contributed by atoms with Crippen molar-refractivity contribution >= 4 is 46.7 Å². The number of benzene rings is 3. The molecule has 1 fully saturated rings. The van der Waals surface area contributed by atoms with Crippen molar-refractivity contribution in [2.75, 3.05) is 4.90 Å². The van der Waals surface area contributed by atoms with Crippen molar-refractivity contribution in [1.82, 2.24) is 0 Å². The molecule has 1 heterocycles. The molecular formula is C23H15Cl2NO2. The van der Waals surface area contributed by atoms with Crippen LogP contribution in [0, 0.1) is 0 Å². The van der Waals surface area contributed by atoms with Crippen molar-refractivity contribution in [2.24, 2.45) is 0 Å². The van der Waals surface area contributed by atoms with Crippen LogP contribution >= 0.6 is 23.2 Å². The molecule has 1 amide bonds. The van der Waals surface area contributed by atoms with Gasteiger partial charge in [0.25, 0.3) is 5.91 Å². The Morgan fingerprint density at radius 2 is 1.43 bits per heavy atom. The zero-order valence-corrected chi connectivity index (χ0v) is 16.2. The molecule has 0 bridgehead atoms. The van der Waals surface area contributed by atoms with E-state index in [0.717, 1.165) is 5.56 Å². The lowest BCUT2D eigenvalue weighted by Crippen LogP contribution is -2.28. The Labute approximate surface area is 172 Å². The zero-order valence-electron chi connectivity index (χ0n) is 14.7. The highest BCUT2D eigenvalue weighted by molar-refractivity contribution is 6.42. The number of nitrogens with zero attached hydrogens (tertiary/aromatic N) is 1. The number of rotatable bonds is 3. The van der Waals surface area contributed by atoms with E-state index in [4.69, 9.17) is 23.2 Å². The second-order valence-electron chi connectivity index (χ2n) is 6.42. The van der Waals surface area contributed by atoms with Crippen molar-refractivity contribution in [3.63, 3.8) is 0 Å². The predicted molar refractivity (Wildman–Crippen MR) is 113 cm³/mol. The van der Waals surface area contributed by atoms with E-state index < -0.39 is 6.04 Å². The Hall–Kier alpha value is -2.88. The Morgan fingerprint density at radius 3 is 2.07 bits per heavy atom. The van der Waals surface area contributed by atoms with E-state index in [1.54, 1.807) is 29.2 Å². The lowest BCUT2D eigenvalue weighted by Gasteiger charge is -2.23. The summed E-state index contributed by atoms with van der Waals surface area (Å²) in [6, 6.07) is 22.8. The molecule has 28 heavy (non-hydrogen) atoms. The molecule has 1 saturated heterocycles. The molecule has 1 aliphatic heterocycles. The minimum atomic E-state index is -0.704. The van der Waals surface area contributed by atoms with Crippen LogP contribution in [0.3, 0.4) is 0 Å². The summed E-state index contributed by atoms with van der Waals surface area (Å²) < 4.78 is 0. The van der Waals surface area contributed by atoms with Crippen molar-refractivity contribution in [2.45, 2.75) is 6.04 Å². The Bertz CT molecular complexity index is 1020. The quantitative estimate of drug-likeness (QED) is 0.410. The number of halogens is 2. The van der Waals surface area contributed by atoms with E-state index in [-0.39, 0.29) is 17.3 Å². The van der Waals surface area contributed by atoms with E-state index >= 15 is 0 Å². The second kappa shape index (κ2) is 7.63. The third kappa shape index (κ3) is 3.35. The minimum Gasteiger partial charge on any atom is -0.293 e. The van der Waals surface area contributed by atoms with Crippen molar-refractivity contribution in [3.05, 3.63) is 106 Å². The maximum atomic E-state index is 13.3. The Balaban J connectivity index is 1.83. The summed E-state index contributed by atoms with van der Waals surface area (Å²) in [7, 11) is 0. The van der Waals surface area contributed by atoms with Gasteiger partial charge in [-0.15, -0.1) is 0 Å². The first-order chi connectivity index (χ1) is 13.6. The number of para-hydroxylation sites is 1. The maximum Gasteiger partial charge on any atom is 0.262 e. The number of hydrogen-bond acceptors (Lipinski definition) is 2. The van der Waals surface area contributed by atoms with Gasteiger partial charge < -0.3 is 0 Å². The van der Waals surface area contributed by atoms with E-state index in [9.17, 15) is 9.59 Å². The van der Waals surface area contributed by atoms with Gasteiger partial charge in [-0.05, 0) is 41.5 Å². The summed E-state index contributed by atoms with van der Waals surface area (Å²) in [4.78, 5) is 28.0. The lowest BCUT2D eigenvalue weighted by molar-refractivity contribution is -0.116. The zero-order chi connectivity index (χ0) is 19.7. The van der Waals surface area contributed by atoms with Crippen molar-refractivity contribution < 1.29 is 9.59 Å². The third-order valence-electron chi connectivity index (χ3n) is 4.63. The molecular weight excluding hydrogens is 393 g/mol. The summed E-state index contributed by atoms with van der Waals surface area (Å²) >= 11 is 12.0. The van der Waals surface area contributed by atoms with Gasteiger partial charge in [-0.3, -0.25) is 14.5 Å². The maximum absolute atomic E-state index is 13.3. The SMILES string of the molecule is O=C1/C(=C/c2ccc(Cl)c(Cl)c2)C(=O)N(c2ccccc2)C1c1ccccc1. The highest BCUT2D eigenvalue weighted by Gasteiger charge is 2.44. The number of hydrogen-bond donors (Lipinski definition) is 0. The van der Waals surface area contributed by atoms with Gasteiger partial charge in [0.1, 0.15) is 6.04 Å². The summed E-state index contributed by atoms with van der Waals surface area (Å²) in [6.45, 7) is 0. The molecule has 0 saturated carbocycles. The van der Waals surface area contributed by atoms with Gasteiger partial charge in [0.2, 0.25) is 0 Å². The topological polar surface area (TPSA) is 37.4 Å². The van der Waals surface area contributed by atoms with Crippen LogP contribution in [0.25, 0.3) is 6.08 Å². The highest BCUT2D eigenvalue weighted by Crippen LogP contribution is 2.38.